The SMILES string of the molecule is COc1ccc(OCC(=O)O)c(C(=O)CCC(=O)O)c1. The Morgan fingerprint density at radius 3 is 2.35 bits per heavy atom. The van der Waals surface area contributed by atoms with Gasteiger partial charge in [-0.3, -0.25) is 9.59 Å². The molecule has 1 aromatic carbocycles. The lowest BCUT2D eigenvalue weighted by Gasteiger charge is -2.10. The minimum atomic E-state index is -1.18. The van der Waals surface area contributed by atoms with Crippen LogP contribution in [-0.4, -0.2) is 41.7 Å². The van der Waals surface area contributed by atoms with Crippen LogP contribution in [0, 0.1) is 0 Å². The van der Waals surface area contributed by atoms with Crippen LogP contribution in [0.5, 0.6) is 11.5 Å². The van der Waals surface area contributed by atoms with Crippen molar-refractivity contribution in [2.24, 2.45) is 0 Å². The summed E-state index contributed by atoms with van der Waals surface area (Å²) in [5.41, 5.74) is 0.104. The first-order chi connectivity index (χ1) is 9.43. The van der Waals surface area contributed by atoms with Crippen molar-refractivity contribution in [3.05, 3.63) is 23.8 Å². The molecule has 0 heterocycles. The molecule has 2 N–H and O–H groups in total. The largest absolute Gasteiger partial charge is 0.497 e. The third-order valence-electron chi connectivity index (χ3n) is 2.40. The summed E-state index contributed by atoms with van der Waals surface area (Å²) in [7, 11) is 1.42. The Labute approximate surface area is 114 Å². The third-order valence-corrected chi connectivity index (χ3v) is 2.40. The van der Waals surface area contributed by atoms with Gasteiger partial charge in [0.15, 0.2) is 12.4 Å². The van der Waals surface area contributed by atoms with Gasteiger partial charge in [-0.2, -0.15) is 0 Å². The van der Waals surface area contributed by atoms with Crippen LogP contribution in [-0.2, 0) is 9.59 Å². The number of carboxylic acids is 2. The lowest BCUT2D eigenvalue weighted by molar-refractivity contribution is -0.139. The van der Waals surface area contributed by atoms with E-state index in [1.807, 2.05) is 0 Å². The Morgan fingerprint density at radius 1 is 1.10 bits per heavy atom. The van der Waals surface area contributed by atoms with Gasteiger partial charge in [0, 0.05) is 6.42 Å². The third kappa shape index (κ3) is 4.60. The van der Waals surface area contributed by atoms with E-state index in [0.29, 0.717) is 5.75 Å². The fourth-order valence-electron chi connectivity index (χ4n) is 1.47. The topological polar surface area (TPSA) is 110 Å². The molecule has 0 saturated carbocycles. The van der Waals surface area contributed by atoms with Gasteiger partial charge in [-0.15, -0.1) is 0 Å². The zero-order valence-electron chi connectivity index (χ0n) is 10.8. The van der Waals surface area contributed by atoms with Crippen LogP contribution >= 0.6 is 0 Å². The van der Waals surface area contributed by atoms with Gasteiger partial charge in [0.05, 0.1) is 19.1 Å². The zero-order valence-corrected chi connectivity index (χ0v) is 10.8. The lowest BCUT2D eigenvalue weighted by atomic mass is 10.1. The van der Waals surface area contributed by atoms with E-state index in [0.717, 1.165) is 0 Å². The molecule has 0 saturated heterocycles. The van der Waals surface area contributed by atoms with E-state index in [1.54, 1.807) is 0 Å². The number of Topliss-reactive ketones (excluding diaryl/α,β-unsaturated/α-hetero) is 1. The minimum absolute atomic E-state index is 0.0867. The van der Waals surface area contributed by atoms with E-state index >= 15 is 0 Å². The summed E-state index contributed by atoms with van der Waals surface area (Å²) in [6.07, 6.45) is -0.514. The number of rotatable bonds is 8. The Kier molecular flexibility index (Phi) is 5.52. The number of carbonyl (C=O) groups excluding carboxylic acids is 1. The van der Waals surface area contributed by atoms with Crippen LogP contribution in [0.4, 0.5) is 0 Å². The summed E-state index contributed by atoms with van der Waals surface area (Å²) >= 11 is 0. The van der Waals surface area contributed by atoms with Crippen LogP contribution in [0.2, 0.25) is 0 Å². The second kappa shape index (κ2) is 7.13. The summed E-state index contributed by atoms with van der Waals surface area (Å²) < 4.78 is 9.97. The maximum atomic E-state index is 11.9. The molecule has 0 unspecified atom stereocenters. The number of ether oxygens (including phenoxy) is 2. The van der Waals surface area contributed by atoms with Crippen LogP contribution in [0.1, 0.15) is 23.2 Å². The highest BCUT2D eigenvalue weighted by molar-refractivity contribution is 6.00. The molecule has 0 aliphatic carbocycles. The summed E-state index contributed by atoms with van der Waals surface area (Å²) in [6.45, 7) is -0.592. The van der Waals surface area contributed by atoms with Crippen molar-refractivity contribution in [3.63, 3.8) is 0 Å². The number of carboxylic acid groups (broad SMARTS) is 2. The number of hydrogen-bond acceptors (Lipinski definition) is 5. The normalized spacial score (nSPS) is 9.85. The first-order valence-electron chi connectivity index (χ1n) is 5.71. The smallest absolute Gasteiger partial charge is 0.341 e. The summed E-state index contributed by atoms with van der Waals surface area (Å²) in [4.78, 5) is 32.9. The van der Waals surface area contributed by atoms with Gasteiger partial charge in [-0.05, 0) is 18.2 Å². The quantitative estimate of drug-likeness (QED) is 0.689. The van der Waals surface area contributed by atoms with E-state index < -0.39 is 24.3 Å². The van der Waals surface area contributed by atoms with E-state index in [4.69, 9.17) is 19.7 Å². The molecule has 108 valence electrons. The second-order valence-corrected chi connectivity index (χ2v) is 3.86. The molecule has 0 aliphatic heterocycles. The monoisotopic (exact) mass is 282 g/mol. The molecule has 7 nitrogen and oxygen atoms in total. The Balaban J connectivity index is 2.95. The molecule has 7 heteroatoms. The fraction of sp³-hybridized carbons (Fsp3) is 0.308. The molecule has 0 aromatic heterocycles. The molecule has 1 rings (SSSR count). The van der Waals surface area contributed by atoms with Gasteiger partial charge in [0.25, 0.3) is 0 Å². The maximum absolute atomic E-state index is 11.9. The van der Waals surface area contributed by atoms with Crippen LogP contribution in [0.15, 0.2) is 18.2 Å². The maximum Gasteiger partial charge on any atom is 0.341 e. The predicted octanol–water partition coefficient (Wildman–Crippen LogP) is 1.21. The molecule has 0 spiro atoms. The molecule has 0 fully saturated rings. The van der Waals surface area contributed by atoms with Crippen molar-refractivity contribution in [2.75, 3.05) is 13.7 Å². The van der Waals surface area contributed by atoms with Crippen molar-refractivity contribution < 1.29 is 34.1 Å². The average Bonchev–Trinajstić information content (AvgIpc) is 2.42. The predicted molar refractivity (Wildman–Crippen MR) is 67.3 cm³/mol. The van der Waals surface area contributed by atoms with Gasteiger partial charge in [0.1, 0.15) is 11.5 Å². The van der Waals surface area contributed by atoms with E-state index in [2.05, 4.69) is 0 Å². The summed E-state index contributed by atoms with van der Waals surface area (Å²) in [5, 5.41) is 17.1. The minimum Gasteiger partial charge on any atom is -0.497 e. The molecule has 20 heavy (non-hydrogen) atoms. The van der Waals surface area contributed by atoms with Gasteiger partial charge in [0.2, 0.25) is 0 Å². The molecule has 0 atom stereocenters. The molecule has 0 aliphatic rings. The summed E-state index contributed by atoms with van der Waals surface area (Å²) in [6, 6.07) is 4.32. The van der Waals surface area contributed by atoms with Crippen molar-refractivity contribution in [1.29, 1.82) is 0 Å². The number of aliphatic carboxylic acids is 2. The molecular formula is C13H14O7. The first-order valence-corrected chi connectivity index (χ1v) is 5.71. The summed E-state index contributed by atoms with van der Waals surface area (Å²) in [5.74, 6) is -2.24. The van der Waals surface area contributed by atoms with Crippen molar-refractivity contribution in [3.8, 4) is 11.5 Å². The highest BCUT2D eigenvalue weighted by Gasteiger charge is 2.16. The van der Waals surface area contributed by atoms with Crippen LogP contribution in [0.25, 0.3) is 0 Å². The average molecular weight is 282 g/mol. The number of ketones is 1. The number of benzene rings is 1. The number of hydrogen-bond donors (Lipinski definition) is 2. The van der Waals surface area contributed by atoms with E-state index in [-0.39, 0.29) is 24.2 Å². The van der Waals surface area contributed by atoms with E-state index in [9.17, 15) is 14.4 Å². The Bertz CT molecular complexity index is 521. The molecule has 0 bridgehead atoms. The van der Waals surface area contributed by atoms with Gasteiger partial charge in [-0.25, -0.2) is 4.79 Å². The fourth-order valence-corrected chi connectivity index (χ4v) is 1.47. The Morgan fingerprint density at radius 2 is 1.80 bits per heavy atom. The van der Waals surface area contributed by atoms with Gasteiger partial charge < -0.3 is 19.7 Å². The van der Waals surface area contributed by atoms with Crippen molar-refractivity contribution in [2.45, 2.75) is 12.8 Å². The Hall–Kier alpha value is -2.57. The number of methoxy groups -OCH3 is 1. The van der Waals surface area contributed by atoms with Crippen LogP contribution < -0.4 is 9.47 Å². The van der Waals surface area contributed by atoms with Crippen LogP contribution in [0.3, 0.4) is 0 Å². The molecule has 0 radical (unpaired) electrons. The molecule has 1 aromatic rings. The highest BCUT2D eigenvalue weighted by atomic mass is 16.5. The molecular weight excluding hydrogens is 268 g/mol. The highest BCUT2D eigenvalue weighted by Crippen LogP contribution is 2.25. The lowest BCUT2D eigenvalue weighted by Crippen LogP contribution is -2.12. The van der Waals surface area contributed by atoms with Crippen molar-refractivity contribution >= 4 is 17.7 Å². The standard InChI is InChI=1S/C13H14O7/c1-19-8-2-4-11(20-7-13(17)18)9(6-8)10(14)3-5-12(15)16/h2,4,6H,3,5,7H2,1H3,(H,15,16)(H,17,18). The number of carbonyl (C=O) groups is 3. The van der Waals surface area contributed by atoms with E-state index in [1.165, 1.54) is 25.3 Å². The first kappa shape index (κ1) is 15.5. The van der Waals surface area contributed by atoms with Gasteiger partial charge in [-0.1, -0.05) is 0 Å². The van der Waals surface area contributed by atoms with Gasteiger partial charge >= 0.3 is 11.9 Å². The zero-order chi connectivity index (χ0) is 15.1. The second-order valence-electron chi connectivity index (χ2n) is 3.86. The molecule has 0 amide bonds. The van der Waals surface area contributed by atoms with Crippen molar-refractivity contribution in [1.82, 2.24) is 0 Å².